The number of carboxylic acids is 1. The average molecular weight is 297 g/mol. The van der Waals surface area contributed by atoms with Crippen molar-refractivity contribution in [3.63, 3.8) is 0 Å². The lowest BCUT2D eigenvalue weighted by Gasteiger charge is -2.36. The van der Waals surface area contributed by atoms with E-state index in [-0.39, 0.29) is 18.5 Å². The second kappa shape index (κ2) is 6.32. The first kappa shape index (κ1) is 15.6. The maximum Gasteiger partial charge on any atom is 0.318 e. The van der Waals surface area contributed by atoms with Crippen LogP contribution in [0.25, 0.3) is 0 Å². The van der Waals surface area contributed by atoms with Crippen LogP contribution < -0.4 is 10.6 Å². The number of urea groups is 1. The normalized spacial score (nSPS) is 25.1. The van der Waals surface area contributed by atoms with Gasteiger partial charge in [-0.3, -0.25) is 9.59 Å². The third-order valence-corrected chi connectivity index (χ3v) is 4.60. The summed E-state index contributed by atoms with van der Waals surface area (Å²) in [6.07, 6.45) is 4.00. The molecule has 3 amide bonds. The zero-order chi connectivity index (χ0) is 15.5. The molecule has 1 saturated carbocycles. The second-order valence-electron chi connectivity index (χ2n) is 5.97. The molecule has 1 saturated heterocycles. The predicted octanol–water partition coefficient (Wildman–Crippen LogP) is 0.551. The van der Waals surface area contributed by atoms with Gasteiger partial charge in [-0.05, 0) is 19.8 Å². The highest BCUT2D eigenvalue weighted by Gasteiger charge is 2.40. The Kier molecular flexibility index (Phi) is 4.69. The van der Waals surface area contributed by atoms with E-state index >= 15 is 0 Å². The van der Waals surface area contributed by atoms with Crippen molar-refractivity contribution in [1.82, 2.24) is 15.5 Å². The molecule has 3 N–H and O–H groups in total. The Morgan fingerprint density at radius 3 is 2.67 bits per heavy atom. The summed E-state index contributed by atoms with van der Waals surface area (Å²) in [5.74, 6) is -1.02. The summed E-state index contributed by atoms with van der Waals surface area (Å²) in [6, 6.07) is -0.880. The summed E-state index contributed by atoms with van der Waals surface area (Å²) in [5, 5.41) is 14.9. The van der Waals surface area contributed by atoms with Crippen LogP contribution in [0.1, 0.15) is 39.0 Å². The SMILES string of the molecule is CC1C(=O)NCCN1C(=O)NCC1(C(=O)O)CCCCC1. The molecule has 0 spiro atoms. The molecule has 7 heteroatoms. The fourth-order valence-corrected chi connectivity index (χ4v) is 3.10. The lowest BCUT2D eigenvalue weighted by molar-refractivity contribution is -0.150. The van der Waals surface area contributed by atoms with Crippen molar-refractivity contribution in [2.24, 2.45) is 5.41 Å². The topological polar surface area (TPSA) is 98.7 Å². The van der Waals surface area contributed by atoms with E-state index < -0.39 is 17.4 Å². The molecule has 0 bridgehead atoms. The molecule has 2 rings (SSSR count). The molecule has 2 fully saturated rings. The number of piperazine rings is 1. The number of carbonyl (C=O) groups is 3. The Morgan fingerprint density at radius 2 is 2.05 bits per heavy atom. The number of nitrogens with zero attached hydrogens (tertiary/aromatic N) is 1. The molecular formula is C14H23N3O4. The van der Waals surface area contributed by atoms with Crippen LogP contribution in [-0.2, 0) is 9.59 Å². The number of aliphatic carboxylic acids is 1. The van der Waals surface area contributed by atoms with Gasteiger partial charge in [0.1, 0.15) is 6.04 Å². The zero-order valence-corrected chi connectivity index (χ0v) is 12.4. The van der Waals surface area contributed by atoms with Crippen molar-refractivity contribution >= 4 is 17.9 Å². The van der Waals surface area contributed by atoms with Crippen LogP contribution in [0, 0.1) is 5.41 Å². The van der Waals surface area contributed by atoms with Gasteiger partial charge in [-0.1, -0.05) is 19.3 Å². The van der Waals surface area contributed by atoms with Crippen molar-refractivity contribution in [1.29, 1.82) is 0 Å². The number of hydrogen-bond acceptors (Lipinski definition) is 3. The van der Waals surface area contributed by atoms with Crippen molar-refractivity contribution in [3.05, 3.63) is 0 Å². The van der Waals surface area contributed by atoms with Gasteiger partial charge in [-0.2, -0.15) is 0 Å². The lowest BCUT2D eigenvalue weighted by Crippen LogP contribution is -2.59. The Morgan fingerprint density at radius 1 is 1.38 bits per heavy atom. The highest BCUT2D eigenvalue weighted by molar-refractivity contribution is 5.88. The van der Waals surface area contributed by atoms with Gasteiger partial charge >= 0.3 is 12.0 Å². The smallest absolute Gasteiger partial charge is 0.318 e. The van der Waals surface area contributed by atoms with E-state index in [1.807, 2.05) is 0 Å². The molecule has 0 aromatic carbocycles. The third-order valence-electron chi connectivity index (χ3n) is 4.60. The summed E-state index contributed by atoms with van der Waals surface area (Å²) in [4.78, 5) is 36.8. The van der Waals surface area contributed by atoms with E-state index in [4.69, 9.17) is 0 Å². The molecule has 0 radical (unpaired) electrons. The molecule has 0 aromatic rings. The highest BCUT2D eigenvalue weighted by atomic mass is 16.4. The number of hydrogen-bond donors (Lipinski definition) is 3. The van der Waals surface area contributed by atoms with Gasteiger partial charge in [0.15, 0.2) is 0 Å². The van der Waals surface area contributed by atoms with Crippen LogP contribution in [0.4, 0.5) is 4.79 Å². The van der Waals surface area contributed by atoms with Gasteiger partial charge in [0.25, 0.3) is 0 Å². The van der Waals surface area contributed by atoms with Crippen LogP contribution in [0.5, 0.6) is 0 Å². The van der Waals surface area contributed by atoms with E-state index in [2.05, 4.69) is 10.6 Å². The molecule has 1 aliphatic carbocycles. The fraction of sp³-hybridized carbons (Fsp3) is 0.786. The van der Waals surface area contributed by atoms with Crippen LogP contribution in [-0.4, -0.2) is 53.6 Å². The first-order valence-corrected chi connectivity index (χ1v) is 7.52. The molecule has 2 aliphatic rings. The van der Waals surface area contributed by atoms with Gasteiger partial charge in [-0.15, -0.1) is 0 Å². The molecule has 1 unspecified atom stereocenters. The minimum absolute atomic E-state index is 0.131. The summed E-state index contributed by atoms with van der Waals surface area (Å²) < 4.78 is 0. The molecule has 7 nitrogen and oxygen atoms in total. The van der Waals surface area contributed by atoms with Crippen LogP contribution in [0.2, 0.25) is 0 Å². The summed E-state index contributed by atoms with van der Waals surface area (Å²) >= 11 is 0. The van der Waals surface area contributed by atoms with Crippen molar-refractivity contribution in [3.8, 4) is 0 Å². The fourth-order valence-electron chi connectivity index (χ4n) is 3.10. The number of nitrogens with one attached hydrogen (secondary N) is 2. The van der Waals surface area contributed by atoms with Gasteiger partial charge in [0, 0.05) is 19.6 Å². The molecule has 1 atom stereocenters. The summed E-state index contributed by atoms with van der Waals surface area (Å²) in [5.41, 5.74) is -0.852. The van der Waals surface area contributed by atoms with Gasteiger partial charge < -0.3 is 20.6 Å². The predicted molar refractivity (Wildman–Crippen MR) is 75.7 cm³/mol. The first-order valence-electron chi connectivity index (χ1n) is 7.52. The van der Waals surface area contributed by atoms with Gasteiger partial charge in [-0.25, -0.2) is 4.79 Å². The molecule has 118 valence electrons. The minimum atomic E-state index is -0.852. The highest BCUT2D eigenvalue weighted by Crippen LogP contribution is 2.36. The van der Waals surface area contributed by atoms with E-state index in [9.17, 15) is 19.5 Å². The molecule has 1 aliphatic heterocycles. The Balaban J connectivity index is 1.95. The van der Waals surface area contributed by atoms with E-state index in [1.54, 1.807) is 6.92 Å². The van der Waals surface area contributed by atoms with E-state index in [1.165, 1.54) is 4.90 Å². The standard InChI is InChI=1S/C14H23N3O4/c1-10-11(18)15-7-8-17(10)13(21)16-9-14(12(19)20)5-3-2-4-6-14/h10H,2-9H2,1H3,(H,15,18)(H,16,21)(H,19,20). The molecular weight excluding hydrogens is 274 g/mol. The quantitative estimate of drug-likeness (QED) is 0.708. The van der Waals surface area contributed by atoms with Crippen LogP contribution >= 0.6 is 0 Å². The Hall–Kier alpha value is -1.79. The summed E-state index contributed by atoms with van der Waals surface area (Å²) in [7, 11) is 0. The van der Waals surface area contributed by atoms with Crippen molar-refractivity contribution < 1.29 is 19.5 Å². The van der Waals surface area contributed by atoms with Gasteiger partial charge in [0.05, 0.1) is 5.41 Å². The van der Waals surface area contributed by atoms with E-state index in [0.29, 0.717) is 25.9 Å². The van der Waals surface area contributed by atoms with Crippen molar-refractivity contribution in [2.75, 3.05) is 19.6 Å². The molecule has 1 heterocycles. The van der Waals surface area contributed by atoms with Crippen molar-refractivity contribution in [2.45, 2.75) is 45.1 Å². The molecule has 0 aromatic heterocycles. The maximum atomic E-state index is 12.2. The number of amides is 3. The lowest BCUT2D eigenvalue weighted by atomic mass is 9.74. The zero-order valence-electron chi connectivity index (χ0n) is 12.4. The number of rotatable bonds is 3. The van der Waals surface area contributed by atoms with Crippen LogP contribution in [0.3, 0.4) is 0 Å². The largest absolute Gasteiger partial charge is 0.481 e. The van der Waals surface area contributed by atoms with Crippen LogP contribution in [0.15, 0.2) is 0 Å². The third kappa shape index (κ3) is 3.28. The second-order valence-corrected chi connectivity index (χ2v) is 5.97. The van der Waals surface area contributed by atoms with Gasteiger partial charge in [0.2, 0.25) is 5.91 Å². The Labute approximate surface area is 124 Å². The maximum absolute atomic E-state index is 12.2. The monoisotopic (exact) mass is 297 g/mol. The minimum Gasteiger partial charge on any atom is -0.481 e. The number of carbonyl (C=O) groups excluding carboxylic acids is 2. The average Bonchev–Trinajstić information content (AvgIpc) is 2.48. The van der Waals surface area contributed by atoms with E-state index in [0.717, 1.165) is 19.3 Å². The summed E-state index contributed by atoms with van der Waals surface area (Å²) in [6.45, 7) is 2.67. The number of carboxylic acid groups (broad SMARTS) is 1. The molecule has 21 heavy (non-hydrogen) atoms. The Bertz CT molecular complexity index is 432. The first-order chi connectivity index (χ1) is 9.96.